The Morgan fingerprint density at radius 3 is 2.72 bits per heavy atom. The van der Waals surface area contributed by atoms with Gasteiger partial charge >= 0.3 is 0 Å². The van der Waals surface area contributed by atoms with Gasteiger partial charge in [-0.2, -0.15) is 0 Å². The largest absolute Gasteiger partial charge is 0.492 e. The molecule has 0 bridgehead atoms. The van der Waals surface area contributed by atoms with Crippen LogP contribution in [0.1, 0.15) is 18.9 Å². The van der Waals surface area contributed by atoms with E-state index in [1.807, 2.05) is 26.1 Å². The number of aliphatic hydroxyl groups is 1. The van der Waals surface area contributed by atoms with Gasteiger partial charge in [0.2, 0.25) is 0 Å². The molecule has 1 aromatic carbocycles. The summed E-state index contributed by atoms with van der Waals surface area (Å²) in [4.78, 5) is 2.12. The number of rotatable bonds is 8. The van der Waals surface area contributed by atoms with E-state index in [-0.39, 0.29) is 6.61 Å². The first-order valence-corrected chi connectivity index (χ1v) is 6.48. The molecule has 4 heteroatoms. The number of likely N-dealkylation sites (N-methyl/N-ethyl adjacent to an activating group) is 1. The van der Waals surface area contributed by atoms with Gasteiger partial charge in [0.05, 0.1) is 18.9 Å². The van der Waals surface area contributed by atoms with Crippen LogP contribution in [-0.4, -0.2) is 43.4 Å². The van der Waals surface area contributed by atoms with E-state index in [2.05, 4.69) is 11.0 Å². The summed E-state index contributed by atoms with van der Waals surface area (Å²) >= 11 is 0. The lowest BCUT2D eigenvalue weighted by molar-refractivity contribution is 0.220. The third kappa shape index (κ3) is 4.94. The maximum atomic E-state index is 8.80. The van der Waals surface area contributed by atoms with Crippen LogP contribution in [0.2, 0.25) is 0 Å². The van der Waals surface area contributed by atoms with E-state index in [0.29, 0.717) is 12.3 Å². The molecule has 3 N–H and O–H groups in total. The molecular formula is C14H24N2O2. The second kappa shape index (κ2) is 7.95. The van der Waals surface area contributed by atoms with E-state index in [1.165, 1.54) is 5.56 Å². The fourth-order valence-electron chi connectivity index (χ4n) is 1.88. The molecule has 0 spiro atoms. The number of ether oxygens (including phenoxy) is 1. The van der Waals surface area contributed by atoms with Crippen LogP contribution < -0.4 is 10.5 Å². The molecule has 4 nitrogen and oxygen atoms in total. The maximum absolute atomic E-state index is 8.80. The van der Waals surface area contributed by atoms with Crippen molar-refractivity contribution in [3.05, 3.63) is 23.8 Å². The van der Waals surface area contributed by atoms with Crippen LogP contribution in [0.5, 0.6) is 5.75 Å². The molecular weight excluding hydrogens is 228 g/mol. The zero-order valence-electron chi connectivity index (χ0n) is 11.4. The van der Waals surface area contributed by atoms with E-state index >= 15 is 0 Å². The van der Waals surface area contributed by atoms with Crippen LogP contribution >= 0.6 is 0 Å². The van der Waals surface area contributed by atoms with E-state index in [0.717, 1.165) is 31.7 Å². The van der Waals surface area contributed by atoms with Crippen molar-refractivity contribution in [2.75, 3.05) is 39.1 Å². The highest BCUT2D eigenvalue weighted by Crippen LogP contribution is 2.23. The number of nitrogens with zero attached hydrogens (tertiary/aromatic N) is 1. The van der Waals surface area contributed by atoms with Crippen molar-refractivity contribution >= 4 is 5.69 Å². The van der Waals surface area contributed by atoms with Crippen LogP contribution in [0, 0.1) is 0 Å². The Morgan fingerprint density at radius 1 is 1.33 bits per heavy atom. The molecule has 0 unspecified atom stereocenters. The summed E-state index contributed by atoms with van der Waals surface area (Å²) < 4.78 is 5.41. The predicted octanol–water partition coefficient (Wildman–Crippen LogP) is 1.52. The van der Waals surface area contributed by atoms with Crippen molar-refractivity contribution in [1.29, 1.82) is 0 Å². The molecule has 0 radical (unpaired) electrons. The SMILES string of the molecule is CCOc1ccc(CCCN(C)CCO)cc1N. The fourth-order valence-corrected chi connectivity index (χ4v) is 1.88. The molecule has 0 heterocycles. The van der Waals surface area contributed by atoms with Crippen molar-refractivity contribution in [3.63, 3.8) is 0 Å². The molecule has 18 heavy (non-hydrogen) atoms. The number of hydrogen-bond acceptors (Lipinski definition) is 4. The third-order valence-corrected chi connectivity index (χ3v) is 2.86. The van der Waals surface area contributed by atoms with E-state index < -0.39 is 0 Å². The molecule has 0 aromatic heterocycles. The standard InChI is InChI=1S/C14H24N2O2/c1-3-18-14-7-6-12(11-13(14)15)5-4-8-16(2)9-10-17/h6-7,11,17H,3-5,8-10,15H2,1-2H3. The van der Waals surface area contributed by atoms with Crippen molar-refractivity contribution in [3.8, 4) is 5.75 Å². The maximum Gasteiger partial charge on any atom is 0.142 e. The summed E-state index contributed by atoms with van der Waals surface area (Å²) in [5.41, 5.74) is 7.85. The van der Waals surface area contributed by atoms with Crippen LogP contribution in [0.3, 0.4) is 0 Å². The molecule has 1 rings (SSSR count). The number of benzene rings is 1. The van der Waals surface area contributed by atoms with E-state index in [4.69, 9.17) is 15.6 Å². The van der Waals surface area contributed by atoms with Crippen molar-refractivity contribution in [2.24, 2.45) is 0 Å². The molecule has 0 atom stereocenters. The van der Waals surface area contributed by atoms with Gasteiger partial charge in [-0.3, -0.25) is 0 Å². The second-order valence-electron chi connectivity index (χ2n) is 4.44. The van der Waals surface area contributed by atoms with Gasteiger partial charge in [0.1, 0.15) is 5.75 Å². The van der Waals surface area contributed by atoms with Gasteiger partial charge < -0.3 is 20.5 Å². The Bertz CT molecular complexity index is 356. The molecule has 1 aromatic rings. The van der Waals surface area contributed by atoms with Crippen LogP contribution in [0.4, 0.5) is 5.69 Å². The van der Waals surface area contributed by atoms with Crippen molar-refractivity contribution in [1.82, 2.24) is 4.90 Å². The van der Waals surface area contributed by atoms with Crippen LogP contribution in [0.15, 0.2) is 18.2 Å². The average Bonchev–Trinajstić information content (AvgIpc) is 2.33. The lowest BCUT2D eigenvalue weighted by atomic mass is 10.1. The van der Waals surface area contributed by atoms with Gasteiger partial charge in [-0.15, -0.1) is 0 Å². The molecule has 0 saturated heterocycles. The highest BCUT2D eigenvalue weighted by molar-refractivity contribution is 5.54. The highest BCUT2D eigenvalue weighted by Gasteiger charge is 2.02. The van der Waals surface area contributed by atoms with E-state index in [9.17, 15) is 0 Å². The monoisotopic (exact) mass is 252 g/mol. The summed E-state index contributed by atoms with van der Waals surface area (Å²) in [6.45, 7) is 4.51. The molecule has 0 fully saturated rings. The van der Waals surface area contributed by atoms with Gasteiger partial charge in [-0.25, -0.2) is 0 Å². The Morgan fingerprint density at radius 2 is 2.11 bits per heavy atom. The van der Waals surface area contributed by atoms with Crippen LogP contribution in [-0.2, 0) is 6.42 Å². The van der Waals surface area contributed by atoms with E-state index in [1.54, 1.807) is 0 Å². The fraction of sp³-hybridized carbons (Fsp3) is 0.571. The Kier molecular flexibility index (Phi) is 6.54. The van der Waals surface area contributed by atoms with Gasteiger partial charge in [0.15, 0.2) is 0 Å². The molecule has 0 saturated carbocycles. The lowest BCUT2D eigenvalue weighted by Crippen LogP contribution is -2.23. The lowest BCUT2D eigenvalue weighted by Gasteiger charge is -2.15. The minimum Gasteiger partial charge on any atom is -0.492 e. The first-order valence-electron chi connectivity index (χ1n) is 6.48. The summed E-state index contributed by atoms with van der Waals surface area (Å²) in [5.74, 6) is 0.763. The summed E-state index contributed by atoms with van der Waals surface area (Å²) in [6.07, 6.45) is 2.05. The number of nitrogens with two attached hydrogens (primary N) is 1. The second-order valence-corrected chi connectivity index (χ2v) is 4.44. The summed E-state index contributed by atoms with van der Waals surface area (Å²) in [6, 6.07) is 5.98. The summed E-state index contributed by atoms with van der Waals surface area (Å²) in [5, 5.41) is 8.80. The van der Waals surface area contributed by atoms with Crippen molar-refractivity contribution < 1.29 is 9.84 Å². The average molecular weight is 252 g/mol. The highest BCUT2D eigenvalue weighted by atomic mass is 16.5. The Labute approximate surface area is 109 Å². The quantitative estimate of drug-likeness (QED) is 0.689. The normalized spacial score (nSPS) is 10.9. The third-order valence-electron chi connectivity index (χ3n) is 2.86. The number of hydrogen-bond donors (Lipinski definition) is 2. The Hall–Kier alpha value is -1.26. The molecule has 102 valence electrons. The number of aliphatic hydroxyl groups excluding tert-OH is 1. The molecule has 0 aliphatic carbocycles. The molecule has 0 amide bonds. The smallest absolute Gasteiger partial charge is 0.142 e. The first-order chi connectivity index (χ1) is 8.67. The number of anilines is 1. The predicted molar refractivity (Wildman–Crippen MR) is 74.9 cm³/mol. The molecule has 0 aliphatic heterocycles. The van der Waals surface area contributed by atoms with Crippen molar-refractivity contribution in [2.45, 2.75) is 19.8 Å². The zero-order valence-corrected chi connectivity index (χ0v) is 11.4. The van der Waals surface area contributed by atoms with Crippen LogP contribution in [0.25, 0.3) is 0 Å². The number of aryl methyl sites for hydroxylation is 1. The zero-order chi connectivity index (χ0) is 13.4. The topological polar surface area (TPSA) is 58.7 Å². The minimum atomic E-state index is 0.215. The summed E-state index contributed by atoms with van der Waals surface area (Å²) in [7, 11) is 2.02. The first kappa shape index (κ1) is 14.8. The minimum absolute atomic E-state index is 0.215. The van der Waals surface area contributed by atoms with Gasteiger partial charge in [-0.1, -0.05) is 6.07 Å². The van der Waals surface area contributed by atoms with Gasteiger partial charge in [-0.05, 0) is 51.1 Å². The van der Waals surface area contributed by atoms with Gasteiger partial charge in [0, 0.05) is 6.54 Å². The number of nitrogen functional groups attached to an aromatic ring is 1. The Balaban J connectivity index is 2.41. The van der Waals surface area contributed by atoms with Gasteiger partial charge in [0.25, 0.3) is 0 Å². The molecule has 0 aliphatic rings.